The highest BCUT2D eigenvalue weighted by Gasteiger charge is 2.48. The van der Waals surface area contributed by atoms with Gasteiger partial charge in [-0.3, -0.25) is 14.7 Å². The van der Waals surface area contributed by atoms with Crippen molar-refractivity contribution in [3.63, 3.8) is 0 Å². The minimum absolute atomic E-state index is 0.126. The smallest absolute Gasteiger partial charge is 0.331 e. The second kappa shape index (κ2) is 12.9. The summed E-state index contributed by atoms with van der Waals surface area (Å²) in [5.41, 5.74) is 2.43. The first-order chi connectivity index (χ1) is 20.7. The Morgan fingerprint density at radius 2 is 1.23 bits per heavy atom. The largest absolute Gasteiger partial charge is 0.458 e. The molecule has 1 heterocycles. The van der Waals surface area contributed by atoms with Gasteiger partial charge in [-0.15, -0.1) is 0 Å². The van der Waals surface area contributed by atoms with E-state index >= 15 is 0 Å². The van der Waals surface area contributed by atoms with Crippen LogP contribution < -0.4 is 0 Å². The summed E-state index contributed by atoms with van der Waals surface area (Å²) in [5, 5.41) is 0. The number of nitrogens with zero attached hydrogens (tertiary/aromatic N) is 2. The third-order valence-electron chi connectivity index (χ3n) is 6.93. The number of hydrogen-bond donors (Lipinski definition) is 0. The van der Waals surface area contributed by atoms with E-state index < -0.39 is 35.9 Å². The van der Waals surface area contributed by atoms with Crippen molar-refractivity contribution in [2.75, 3.05) is 0 Å². The fourth-order valence-electron chi connectivity index (χ4n) is 5.00. The van der Waals surface area contributed by atoms with Crippen LogP contribution in [0.1, 0.15) is 60.5 Å². The van der Waals surface area contributed by atoms with Gasteiger partial charge in [0.1, 0.15) is 11.6 Å². The highest BCUT2D eigenvalue weighted by molar-refractivity contribution is 6.13. The minimum atomic E-state index is -1.12. The Labute approximate surface area is 251 Å². The number of cyclic esters (lactones) is 1. The molecule has 0 bridgehead atoms. The molecular weight excluding hydrogens is 540 g/mol. The molecule has 4 aromatic rings. The van der Waals surface area contributed by atoms with Gasteiger partial charge in [-0.05, 0) is 32.9 Å². The minimum Gasteiger partial charge on any atom is -0.458 e. The summed E-state index contributed by atoms with van der Waals surface area (Å²) < 4.78 is 11.6. The van der Waals surface area contributed by atoms with Crippen molar-refractivity contribution < 1.29 is 23.9 Å². The highest BCUT2D eigenvalue weighted by Crippen LogP contribution is 2.36. The molecular formula is C36H34N2O5. The van der Waals surface area contributed by atoms with Gasteiger partial charge in [0.2, 0.25) is 6.23 Å². The maximum absolute atomic E-state index is 14.0. The third-order valence-corrected chi connectivity index (χ3v) is 6.93. The van der Waals surface area contributed by atoms with Gasteiger partial charge in [0.05, 0.1) is 5.71 Å². The molecule has 0 unspecified atom stereocenters. The summed E-state index contributed by atoms with van der Waals surface area (Å²) in [4.78, 5) is 47.7. The molecule has 7 heteroatoms. The molecule has 0 saturated carbocycles. The maximum Gasteiger partial charge on any atom is 0.331 e. The number of esters is 2. The van der Waals surface area contributed by atoms with Crippen molar-refractivity contribution in [1.82, 2.24) is 4.90 Å². The summed E-state index contributed by atoms with van der Waals surface area (Å²) in [5.74, 6) is -1.59. The molecule has 0 spiro atoms. The van der Waals surface area contributed by atoms with Gasteiger partial charge in [0, 0.05) is 28.7 Å². The van der Waals surface area contributed by atoms with Crippen LogP contribution in [-0.2, 0) is 19.1 Å². The number of carbonyl (C=O) groups is 3. The lowest BCUT2D eigenvalue weighted by atomic mass is 10.00. The molecule has 218 valence electrons. The van der Waals surface area contributed by atoms with Crippen LogP contribution in [0.15, 0.2) is 126 Å². The van der Waals surface area contributed by atoms with Crippen molar-refractivity contribution in [2.24, 2.45) is 4.99 Å². The Hall–Kier alpha value is -5.04. The van der Waals surface area contributed by atoms with Crippen LogP contribution in [0, 0.1) is 0 Å². The topological polar surface area (TPSA) is 85.3 Å². The number of carbonyl (C=O) groups excluding carboxylic acids is 3. The van der Waals surface area contributed by atoms with E-state index in [1.165, 1.54) is 4.90 Å². The molecule has 7 nitrogen and oxygen atoms in total. The summed E-state index contributed by atoms with van der Waals surface area (Å²) in [6, 6.07) is 34.7. The van der Waals surface area contributed by atoms with Gasteiger partial charge in [-0.2, -0.15) is 0 Å². The van der Waals surface area contributed by atoms with E-state index in [1.54, 1.807) is 57.2 Å². The molecule has 1 amide bonds. The first-order valence-electron chi connectivity index (χ1n) is 14.3. The Morgan fingerprint density at radius 3 is 1.72 bits per heavy atom. The van der Waals surface area contributed by atoms with Crippen LogP contribution in [0.25, 0.3) is 0 Å². The van der Waals surface area contributed by atoms with E-state index in [1.807, 2.05) is 84.9 Å². The Bertz CT molecular complexity index is 1540. The first-order valence-corrected chi connectivity index (χ1v) is 14.3. The van der Waals surface area contributed by atoms with E-state index in [0.717, 1.165) is 11.1 Å². The molecule has 1 aliphatic rings. The Balaban J connectivity index is 1.60. The van der Waals surface area contributed by atoms with Gasteiger partial charge in [0.25, 0.3) is 5.91 Å². The zero-order valence-electron chi connectivity index (χ0n) is 24.4. The average molecular weight is 575 g/mol. The zero-order chi connectivity index (χ0) is 30.4. The number of hydrogen-bond acceptors (Lipinski definition) is 6. The Kier molecular flexibility index (Phi) is 8.81. The summed E-state index contributed by atoms with van der Waals surface area (Å²) >= 11 is 0. The summed E-state index contributed by atoms with van der Waals surface area (Å²) in [7, 11) is 0. The second-order valence-corrected chi connectivity index (χ2v) is 11.3. The number of aliphatic imine (C=N–C) groups is 1. The molecule has 1 fully saturated rings. The predicted octanol–water partition coefficient (Wildman–Crippen LogP) is 6.39. The van der Waals surface area contributed by atoms with Crippen LogP contribution in [0.5, 0.6) is 0 Å². The van der Waals surface area contributed by atoms with Crippen molar-refractivity contribution in [2.45, 2.75) is 51.1 Å². The average Bonchev–Trinajstić information content (AvgIpc) is 3.35. The van der Waals surface area contributed by atoms with Gasteiger partial charge >= 0.3 is 11.9 Å². The van der Waals surface area contributed by atoms with Crippen molar-refractivity contribution in [3.05, 3.63) is 144 Å². The number of amides is 1. The maximum atomic E-state index is 14.0. The quantitative estimate of drug-likeness (QED) is 0.180. The van der Waals surface area contributed by atoms with Gasteiger partial charge < -0.3 is 9.47 Å². The number of benzene rings is 4. The van der Waals surface area contributed by atoms with E-state index in [2.05, 4.69) is 0 Å². The van der Waals surface area contributed by atoms with Gasteiger partial charge in [-0.25, -0.2) is 9.59 Å². The van der Waals surface area contributed by atoms with Crippen LogP contribution in [0.2, 0.25) is 0 Å². The molecule has 3 atom stereocenters. The van der Waals surface area contributed by atoms with E-state index in [0.29, 0.717) is 16.8 Å². The number of ether oxygens (including phenoxy) is 2. The van der Waals surface area contributed by atoms with E-state index in [9.17, 15) is 14.4 Å². The summed E-state index contributed by atoms with van der Waals surface area (Å²) in [6.07, 6.45) is -1.09. The van der Waals surface area contributed by atoms with E-state index in [4.69, 9.17) is 14.5 Å². The molecule has 4 aromatic carbocycles. The molecule has 1 aliphatic heterocycles. The second-order valence-electron chi connectivity index (χ2n) is 11.3. The van der Waals surface area contributed by atoms with Crippen molar-refractivity contribution in [3.8, 4) is 0 Å². The zero-order valence-corrected chi connectivity index (χ0v) is 24.4. The molecule has 0 radical (unpaired) electrons. The van der Waals surface area contributed by atoms with Crippen LogP contribution >= 0.6 is 0 Å². The lowest BCUT2D eigenvalue weighted by Crippen LogP contribution is -2.43. The SMILES string of the molecule is CC(C)(C)OC(=O)[C@@H](C[C@H]1C(=O)O[C@H](c2ccccc2)N1C(=O)c1ccccc1)N=C(c1ccccc1)c1ccccc1. The van der Waals surface area contributed by atoms with Gasteiger partial charge in [-0.1, -0.05) is 109 Å². The predicted molar refractivity (Wildman–Crippen MR) is 164 cm³/mol. The number of rotatable bonds is 8. The van der Waals surface area contributed by atoms with Gasteiger partial charge in [0.15, 0.2) is 6.04 Å². The fourth-order valence-corrected chi connectivity index (χ4v) is 5.00. The van der Waals surface area contributed by atoms with Crippen molar-refractivity contribution >= 4 is 23.6 Å². The van der Waals surface area contributed by atoms with Crippen LogP contribution in [-0.4, -0.2) is 46.1 Å². The molecule has 5 rings (SSSR count). The van der Waals surface area contributed by atoms with Crippen LogP contribution in [0.4, 0.5) is 0 Å². The standard InChI is InChI=1S/C36H34N2O5/c1-36(2,3)43-34(40)29(37-31(25-16-8-4-9-17-25)26-18-10-5-11-19-26)24-30-35(41)42-33(28-22-14-7-15-23-28)38(30)32(39)27-20-12-6-13-21-27/h4-23,29-30,33H,24H2,1-3H3/t29-,30+,33-/m1/s1. The molecule has 43 heavy (non-hydrogen) atoms. The lowest BCUT2D eigenvalue weighted by Gasteiger charge is -2.29. The van der Waals surface area contributed by atoms with Crippen LogP contribution in [0.3, 0.4) is 0 Å². The molecule has 0 aliphatic carbocycles. The Morgan fingerprint density at radius 1 is 0.767 bits per heavy atom. The monoisotopic (exact) mass is 574 g/mol. The fraction of sp³-hybridized carbons (Fsp3) is 0.222. The van der Waals surface area contributed by atoms with E-state index in [-0.39, 0.29) is 12.3 Å². The lowest BCUT2D eigenvalue weighted by molar-refractivity contribution is -0.156. The third kappa shape index (κ3) is 7.07. The molecule has 1 saturated heterocycles. The summed E-state index contributed by atoms with van der Waals surface area (Å²) in [6.45, 7) is 5.34. The first kappa shape index (κ1) is 29.5. The van der Waals surface area contributed by atoms with Crippen molar-refractivity contribution in [1.29, 1.82) is 0 Å². The molecule has 0 aromatic heterocycles. The molecule has 0 N–H and O–H groups in total. The normalized spacial score (nSPS) is 17.1. The highest BCUT2D eigenvalue weighted by atomic mass is 16.6.